The first kappa shape index (κ1) is 10.9. The predicted molar refractivity (Wildman–Crippen MR) is 61.5 cm³/mol. The molecule has 2 aliphatic rings. The Morgan fingerprint density at radius 2 is 2.40 bits per heavy atom. The molecule has 0 fully saturated rings. The van der Waals surface area contributed by atoms with Gasteiger partial charge in [-0.2, -0.15) is 0 Å². The van der Waals surface area contributed by atoms with E-state index in [0.717, 1.165) is 12.8 Å². The van der Waals surface area contributed by atoms with Crippen molar-refractivity contribution in [3.63, 3.8) is 0 Å². The van der Waals surface area contributed by atoms with Gasteiger partial charge < -0.3 is 16.2 Å². The summed E-state index contributed by atoms with van der Waals surface area (Å²) >= 11 is 0. The number of aliphatic hydroxyl groups is 1. The Morgan fingerprint density at radius 3 is 3.13 bits per heavy atom. The van der Waals surface area contributed by atoms with Crippen molar-refractivity contribution in [3.05, 3.63) is 23.3 Å². The highest BCUT2D eigenvalue weighted by Crippen LogP contribution is 2.33. The zero-order chi connectivity index (χ0) is 10.7. The first-order valence-corrected chi connectivity index (χ1v) is 5.78. The van der Waals surface area contributed by atoms with Gasteiger partial charge in [0.25, 0.3) is 0 Å². The predicted octanol–water partition coefficient (Wildman–Crippen LogP) is 0.705. The molecule has 3 nitrogen and oxygen atoms in total. The summed E-state index contributed by atoms with van der Waals surface area (Å²) in [6, 6.07) is 0.513. The summed E-state index contributed by atoms with van der Waals surface area (Å²) in [6.07, 6.45) is 8.80. The van der Waals surface area contributed by atoms with Crippen LogP contribution < -0.4 is 11.1 Å². The molecule has 0 aromatic rings. The maximum Gasteiger partial charge on any atom is 0.0786 e. The third-order valence-corrected chi connectivity index (χ3v) is 3.26. The summed E-state index contributed by atoms with van der Waals surface area (Å²) in [5.74, 6) is 0. The Kier molecular flexibility index (Phi) is 3.57. The molecule has 84 valence electrons. The molecule has 4 N–H and O–H groups in total. The molecule has 0 heterocycles. The molecule has 0 saturated carbocycles. The molecule has 0 bridgehead atoms. The Morgan fingerprint density at radius 1 is 1.53 bits per heavy atom. The van der Waals surface area contributed by atoms with E-state index in [1.165, 1.54) is 18.4 Å². The number of nitrogens with one attached hydrogen (secondary N) is 1. The standard InChI is InChI=1S/C12H20N2O/c13-7-12(15)8-14-11-5-9-3-1-2-4-10(9)6-11/h1,3,11-12,14-15H,2,4-8,13H2. The molecule has 15 heavy (non-hydrogen) atoms. The fourth-order valence-corrected chi connectivity index (χ4v) is 2.37. The van der Waals surface area contributed by atoms with Crippen molar-refractivity contribution in [3.8, 4) is 0 Å². The van der Waals surface area contributed by atoms with E-state index in [1.807, 2.05) is 0 Å². The van der Waals surface area contributed by atoms with E-state index in [0.29, 0.717) is 19.1 Å². The Hall–Kier alpha value is -0.640. The smallest absolute Gasteiger partial charge is 0.0786 e. The van der Waals surface area contributed by atoms with Crippen molar-refractivity contribution in [2.75, 3.05) is 13.1 Å². The Labute approximate surface area is 91.0 Å². The van der Waals surface area contributed by atoms with Gasteiger partial charge in [-0.3, -0.25) is 0 Å². The van der Waals surface area contributed by atoms with Crippen LogP contribution in [0.3, 0.4) is 0 Å². The lowest BCUT2D eigenvalue weighted by Gasteiger charge is -2.15. The fourth-order valence-electron chi connectivity index (χ4n) is 2.37. The minimum Gasteiger partial charge on any atom is -0.390 e. The summed E-state index contributed by atoms with van der Waals surface area (Å²) < 4.78 is 0. The number of rotatable bonds is 4. The van der Waals surface area contributed by atoms with Crippen LogP contribution >= 0.6 is 0 Å². The van der Waals surface area contributed by atoms with Crippen LogP contribution in [0.2, 0.25) is 0 Å². The SMILES string of the molecule is NCC(O)CNC1CC2=C(CCC=C2)C1. The summed E-state index contributed by atoms with van der Waals surface area (Å²) in [7, 11) is 0. The van der Waals surface area contributed by atoms with E-state index >= 15 is 0 Å². The molecule has 2 rings (SSSR count). The summed E-state index contributed by atoms with van der Waals surface area (Å²) in [6.45, 7) is 0.957. The zero-order valence-electron chi connectivity index (χ0n) is 9.08. The van der Waals surface area contributed by atoms with E-state index in [-0.39, 0.29) is 0 Å². The number of allylic oxidation sites excluding steroid dienone is 2. The van der Waals surface area contributed by atoms with Gasteiger partial charge in [0.05, 0.1) is 6.10 Å². The number of nitrogens with two attached hydrogens (primary N) is 1. The van der Waals surface area contributed by atoms with E-state index in [9.17, 15) is 5.11 Å². The molecule has 2 atom stereocenters. The fraction of sp³-hybridized carbons (Fsp3) is 0.667. The van der Waals surface area contributed by atoms with Crippen LogP contribution in [0, 0.1) is 0 Å². The number of hydrogen-bond acceptors (Lipinski definition) is 3. The highest BCUT2D eigenvalue weighted by molar-refractivity contribution is 5.35. The molecular formula is C12H20N2O. The van der Waals surface area contributed by atoms with Crippen LogP contribution in [0.25, 0.3) is 0 Å². The summed E-state index contributed by atoms with van der Waals surface area (Å²) in [5, 5.41) is 12.7. The molecular weight excluding hydrogens is 188 g/mol. The molecule has 2 unspecified atom stereocenters. The lowest BCUT2D eigenvalue weighted by atomic mass is 10.0. The third kappa shape index (κ3) is 2.68. The quantitative estimate of drug-likeness (QED) is 0.637. The van der Waals surface area contributed by atoms with E-state index in [1.54, 1.807) is 5.57 Å². The van der Waals surface area contributed by atoms with Gasteiger partial charge in [-0.1, -0.05) is 17.7 Å². The van der Waals surface area contributed by atoms with Crippen LogP contribution in [0.5, 0.6) is 0 Å². The second-order valence-corrected chi connectivity index (χ2v) is 4.47. The van der Waals surface area contributed by atoms with E-state index in [4.69, 9.17) is 5.73 Å². The molecule has 2 aliphatic carbocycles. The van der Waals surface area contributed by atoms with Crippen molar-refractivity contribution in [1.29, 1.82) is 0 Å². The lowest BCUT2D eigenvalue weighted by molar-refractivity contribution is 0.175. The van der Waals surface area contributed by atoms with Crippen molar-refractivity contribution in [2.45, 2.75) is 37.8 Å². The zero-order valence-corrected chi connectivity index (χ0v) is 9.08. The molecule has 3 heteroatoms. The maximum absolute atomic E-state index is 9.36. The first-order valence-electron chi connectivity index (χ1n) is 5.78. The molecule has 0 aromatic carbocycles. The molecule has 0 radical (unpaired) electrons. The van der Waals surface area contributed by atoms with Gasteiger partial charge in [0.1, 0.15) is 0 Å². The number of hydrogen-bond donors (Lipinski definition) is 3. The molecule has 0 saturated heterocycles. The van der Waals surface area contributed by atoms with Gasteiger partial charge in [0, 0.05) is 19.1 Å². The largest absolute Gasteiger partial charge is 0.390 e. The number of aliphatic hydroxyl groups excluding tert-OH is 1. The lowest BCUT2D eigenvalue weighted by Crippen LogP contribution is -2.37. The van der Waals surface area contributed by atoms with Gasteiger partial charge in [-0.25, -0.2) is 0 Å². The van der Waals surface area contributed by atoms with E-state index < -0.39 is 6.10 Å². The second-order valence-electron chi connectivity index (χ2n) is 4.47. The van der Waals surface area contributed by atoms with Crippen LogP contribution in [0.4, 0.5) is 0 Å². The highest BCUT2D eigenvalue weighted by atomic mass is 16.3. The highest BCUT2D eigenvalue weighted by Gasteiger charge is 2.23. The van der Waals surface area contributed by atoms with Crippen LogP contribution in [0.1, 0.15) is 25.7 Å². The van der Waals surface area contributed by atoms with Crippen molar-refractivity contribution < 1.29 is 5.11 Å². The Balaban J connectivity index is 1.78. The van der Waals surface area contributed by atoms with Crippen LogP contribution in [-0.4, -0.2) is 30.3 Å². The molecule has 0 amide bonds. The average molecular weight is 208 g/mol. The van der Waals surface area contributed by atoms with Gasteiger partial charge in [-0.05, 0) is 31.3 Å². The minimum atomic E-state index is -0.404. The minimum absolute atomic E-state index is 0.340. The Bertz CT molecular complexity index is 283. The monoisotopic (exact) mass is 208 g/mol. The topological polar surface area (TPSA) is 58.3 Å². The second kappa shape index (κ2) is 4.92. The molecule has 0 aliphatic heterocycles. The van der Waals surface area contributed by atoms with Gasteiger partial charge in [0.2, 0.25) is 0 Å². The third-order valence-electron chi connectivity index (χ3n) is 3.26. The maximum atomic E-state index is 9.36. The summed E-state index contributed by atoms with van der Waals surface area (Å²) in [5.41, 5.74) is 8.49. The normalized spacial score (nSPS) is 26.9. The van der Waals surface area contributed by atoms with Gasteiger partial charge in [0.15, 0.2) is 0 Å². The van der Waals surface area contributed by atoms with Crippen molar-refractivity contribution in [2.24, 2.45) is 5.73 Å². The van der Waals surface area contributed by atoms with Gasteiger partial charge >= 0.3 is 0 Å². The molecule has 0 aromatic heterocycles. The molecule has 0 spiro atoms. The van der Waals surface area contributed by atoms with Crippen molar-refractivity contribution in [1.82, 2.24) is 5.32 Å². The summed E-state index contributed by atoms with van der Waals surface area (Å²) in [4.78, 5) is 0. The van der Waals surface area contributed by atoms with Crippen molar-refractivity contribution >= 4 is 0 Å². The van der Waals surface area contributed by atoms with Gasteiger partial charge in [-0.15, -0.1) is 0 Å². The first-order chi connectivity index (χ1) is 7.29. The average Bonchev–Trinajstić information content (AvgIpc) is 2.68. The van der Waals surface area contributed by atoms with E-state index in [2.05, 4.69) is 17.5 Å². The van der Waals surface area contributed by atoms with Crippen LogP contribution in [-0.2, 0) is 0 Å². The van der Waals surface area contributed by atoms with Crippen LogP contribution in [0.15, 0.2) is 23.3 Å².